The van der Waals surface area contributed by atoms with Gasteiger partial charge in [-0.15, -0.1) is 0 Å². The highest BCUT2D eigenvalue weighted by Crippen LogP contribution is 2.17. The molecule has 18 heavy (non-hydrogen) atoms. The average molecular weight is 270 g/mol. The Labute approximate surface area is 106 Å². The zero-order chi connectivity index (χ0) is 14.0. The number of nitro benzene ring substituents is 1. The molecule has 6 nitrogen and oxygen atoms in total. The van der Waals surface area contributed by atoms with E-state index >= 15 is 0 Å². The van der Waals surface area contributed by atoms with Gasteiger partial charge in [0.25, 0.3) is 15.7 Å². The van der Waals surface area contributed by atoms with Gasteiger partial charge in [-0.05, 0) is 38.5 Å². The summed E-state index contributed by atoms with van der Waals surface area (Å²) >= 11 is 0. The molecular formula is C11H14N2O4S. The molecule has 0 fully saturated rings. The van der Waals surface area contributed by atoms with Crippen LogP contribution in [0.4, 0.5) is 5.69 Å². The number of non-ortho nitro benzene ring substituents is 1. The van der Waals surface area contributed by atoms with Crippen molar-refractivity contribution < 1.29 is 13.3 Å². The summed E-state index contributed by atoms with van der Waals surface area (Å²) < 4.78 is 26.0. The molecular weight excluding hydrogens is 256 g/mol. The highest BCUT2D eigenvalue weighted by Gasteiger charge is 2.27. The molecule has 0 radical (unpaired) electrons. The second-order valence-corrected chi connectivity index (χ2v) is 7.06. The lowest BCUT2D eigenvalue weighted by atomic mass is 10.2. The van der Waals surface area contributed by atoms with Gasteiger partial charge in [-0.25, -0.2) is 8.42 Å². The van der Waals surface area contributed by atoms with Crippen molar-refractivity contribution in [2.75, 3.05) is 0 Å². The second-order valence-electron chi connectivity index (χ2n) is 4.67. The summed E-state index contributed by atoms with van der Waals surface area (Å²) in [6.07, 6.45) is 1.18. The van der Waals surface area contributed by atoms with E-state index in [4.69, 9.17) is 0 Å². The minimum absolute atomic E-state index is 0.0502. The summed E-state index contributed by atoms with van der Waals surface area (Å²) in [5.41, 5.74) is 0.444. The third-order valence-corrected chi connectivity index (χ3v) is 4.15. The van der Waals surface area contributed by atoms with Gasteiger partial charge in [0, 0.05) is 18.3 Å². The van der Waals surface area contributed by atoms with Crippen LogP contribution < -0.4 is 0 Å². The van der Waals surface area contributed by atoms with Crippen molar-refractivity contribution in [1.29, 1.82) is 0 Å². The van der Waals surface area contributed by atoms with Gasteiger partial charge in [0.1, 0.15) is 0 Å². The lowest BCUT2D eigenvalue weighted by Gasteiger charge is -2.14. The van der Waals surface area contributed by atoms with Crippen molar-refractivity contribution in [3.63, 3.8) is 0 Å². The van der Waals surface area contributed by atoms with E-state index in [1.807, 2.05) is 0 Å². The molecule has 0 spiro atoms. The third-order valence-electron chi connectivity index (χ3n) is 2.22. The Bertz CT molecular complexity index is 568. The topological polar surface area (TPSA) is 89.6 Å². The number of nitro groups is 1. The molecule has 1 rings (SSSR count). The predicted octanol–water partition coefficient (Wildman–Crippen LogP) is 2.14. The van der Waals surface area contributed by atoms with E-state index in [0.29, 0.717) is 5.56 Å². The smallest absolute Gasteiger partial charge is 0.258 e. The van der Waals surface area contributed by atoms with Crippen LogP contribution >= 0.6 is 0 Å². The maximum atomic E-state index is 11.7. The largest absolute Gasteiger partial charge is 0.269 e. The summed E-state index contributed by atoms with van der Waals surface area (Å²) in [5, 5.41) is 10.4. The number of nitrogens with zero attached hydrogens (tertiary/aromatic N) is 2. The van der Waals surface area contributed by atoms with Gasteiger partial charge in [0.2, 0.25) is 0 Å². The van der Waals surface area contributed by atoms with Gasteiger partial charge < -0.3 is 0 Å². The molecule has 0 amide bonds. The van der Waals surface area contributed by atoms with E-state index in [1.54, 1.807) is 20.8 Å². The van der Waals surface area contributed by atoms with Crippen LogP contribution in [-0.2, 0) is 10.0 Å². The normalized spacial score (nSPS) is 12.8. The lowest BCUT2D eigenvalue weighted by molar-refractivity contribution is -0.384. The minimum Gasteiger partial charge on any atom is -0.258 e. The molecule has 98 valence electrons. The Morgan fingerprint density at radius 3 is 2.11 bits per heavy atom. The molecule has 0 aliphatic heterocycles. The molecule has 1 aromatic carbocycles. The van der Waals surface area contributed by atoms with Gasteiger partial charge >= 0.3 is 0 Å². The zero-order valence-electron chi connectivity index (χ0n) is 10.3. The molecule has 0 saturated heterocycles. The molecule has 7 heteroatoms. The maximum Gasteiger partial charge on any atom is 0.269 e. The van der Waals surface area contributed by atoms with Crippen molar-refractivity contribution in [3.8, 4) is 0 Å². The van der Waals surface area contributed by atoms with Crippen molar-refractivity contribution in [2.45, 2.75) is 25.5 Å². The molecule has 0 saturated carbocycles. The first-order chi connectivity index (χ1) is 8.13. The van der Waals surface area contributed by atoms with Crippen LogP contribution in [0.1, 0.15) is 26.3 Å². The summed E-state index contributed by atoms with van der Waals surface area (Å²) in [5.74, 6) is 0. The van der Waals surface area contributed by atoms with E-state index < -0.39 is 19.7 Å². The Morgan fingerprint density at radius 2 is 1.72 bits per heavy atom. The van der Waals surface area contributed by atoms with Gasteiger partial charge in [-0.3, -0.25) is 10.1 Å². The maximum absolute atomic E-state index is 11.7. The van der Waals surface area contributed by atoms with Gasteiger partial charge in [-0.1, -0.05) is 0 Å². The van der Waals surface area contributed by atoms with Gasteiger partial charge in [-0.2, -0.15) is 4.40 Å². The van der Waals surface area contributed by atoms with Crippen molar-refractivity contribution >= 4 is 21.9 Å². The van der Waals surface area contributed by atoms with E-state index in [-0.39, 0.29) is 5.69 Å². The molecule has 0 atom stereocenters. The van der Waals surface area contributed by atoms with Crippen molar-refractivity contribution in [3.05, 3.63) is 39.9 Å². The highest BCUT2D eigenvalue weighted by molar-refractivity contribution is 7.91. The number of hydrogen-bond acceptors (Lipinski definition) is 4. The van der Waals surface area contributed by atoms with Gasteiger partial charge in [0.05, 0.1) is 9.67 Å². The molecule has 0 aliphatic carbocycles. The summed E-state index contributed by atoms with van der Waals surface area (Å²) in [6, 6.07) is 5.48. The quantitative estimate of drug-likeness (QED) is 0.478. The monoisotopic (exact) mass is 270 g/mol. The second kappa shape index (κ2) is 4.85. The number of hydrogen-bond donors (Lipinski definition) is 0. The Hall–Kier alpha value is -1.76. The van der Waals surface area contributed by atoms with Crippen LogP contribution in [-0.4, -0.2) is 24.3 Å². The molecule has 0 aliphatic rings. The molecule has 0 aromatic heterocycles. The highest BCUT2D eigenvalue weighted by atomic mass is 32.2. The van der Waals surface area contributed by atoms with Crippen LogP contribution in [0.5, 0.6) is 0 Å². The number of benzene rings is 1. The fourth-order valence-electron chi connectivity index (χ4n) is 0.970. The van der Waals surface area contributed by atoms with Crippen molar-refractivity contribution in [2.24, 2.45) is 4.40 Å². The first-order valence-electron chi connectivity index (χ1n) is 5.18. The summed E-state index contributed by atoms with van der Waals surface area (Å²) in [6.45, 7) is 4.65. The molecule has 0 heterocycles. The fourth-order valence-corrected chi connectivity index (χ4v) is 1.55. The summed E-state index contributed by atoms with van der Waals surface area (Å²) in [4.78, 5) is 9.92. The lowest BCUT2D eigenvalue weighted by Crippen LogP contribution is -2.25. The van der Waals surface area contributed by atoms with Crippen LogP contribution in [0, 0.1) is 10.1 Å². The Morgan fingerprint density at radius 1 is 1.22 bits per heavy atom. The van der Waals surface area contributed by atoms with Gasteiger partial charge in [0.15, 0.2) is 0 Å². The fraction of sp³-hybridized carbons (Fsp3) is 0.364. The van der Waals surface area contributed by atoms with Crippen LogP contribution in [0.15, 0.2) is 28.7 Å². The minimum atomic E-state index is -3.59. The van der Waals surface area contributed by atoms with Crippen LogP contribution in [0.3, 0.4) is 0 Å². The Balaban J connectivity index is 2.96. The molecule has 1 aromatic rings. The van der Waals surface area contributed by atoms with Crippen LogP contribution in [0.25, 0.3) is 0 Å². The van der Waals surface area contributed by atoms with Crippen molar-refractivity contribution in [1.82, 2.24) is 0 Å². The standard InChI is InChI=1S/C11H14N2O4S/c1-11(2,3)18(16,17)12-8-9-4-6-10(7-5-9)13(14)15/h4-8H,1-3H3/b12-8+. The SMILES string of the molecule is CC(C)(C)S(=O)(=O)/N=C/c1ccc([N+](=O)[O-])cc1. The first-order valence-corrected chi connectivity index (χ1v) is 6.62. The van der Waals surface area contributed by atoms with E-state index in [1.165, 1.54) is 30.5 Å². The number of rotatable bonds is 3. The molecule has 0 unspecified atom stereocenters. The van der Waals surface area contributed by atoms with E-state index in [0.717, 1.165) is 0 Å². The van der Waals surface area contributed by atoms with Crippen LogP contribution in [0.2, 0.25) is 0 Å². The number of sulfonamides is 1. The average Bonchev–Trinajstić information content (AvgIpc) is 2.25. The van der Waals surface area contributed by atoms with E-state index in [2.05, 4.69) is 4.40 Å². The zero-order valence-corrected chi connectivity index (χ0v) is 11.1. The molecule has 0 bridgehead atoms. The van der Waals surface area contributed by atoms with E-state index in [9.17, 15) is 18.5 Å². The predicted molar refractivity (Wildman–Crippen MR) is 69.4 cm³/mol. The first kappa shape index (κ1) is 14.3. The molecule has 0 N–H and O–H groups in total. The summed E-state index contributed by atoms with van der Waals surface area (Å²) in [7, 11) is -3.59. The Kier molecular flexibility index (Phi) is 3.85. The third kappa shape index (κ3) is 3.36.